The first-order valence-corrected chi connectivity index (χ1v) is 13.7. The first-order chi connectivity index (χ1) is 19.4. The Balaban J connectivity index is 1.48. The number of aromatic nitrogens is 3. The maximum absolute atomic E-state index is 13.5. The van der Waals surface area contributed by atoms with Crippen LogP contribution >= 0.6 is 23.2 Å². The van der Waals surface area contributed by atoms with Gasteiger partial charge in [-0.05, 0) is 75.6 Å². The van der Waals surface area contributed by atoms with Gasteiger partial charge in [-0.15, -0.1) is 0 Å². The number of benzene rings is 2. The van der Waals surface area contributed by atoms with Gasteiger partial charge in [0.25, 0.3) is 5.56 Å². The number of nitrogens with one attached hydrogen (secondary N) is 2. The maximum Gasteiger partial charge on any atom is 0.412 e. The van der Waals surface area contributed by atoms with Gasteiger partial charge in [-0.1, -0.05) is 35.3 Å². The van der Waals surface area contributed by atoms with Crippen molar-refractivity contribution in [3.05, 3.63) is 92.2 Å². The number of aryl methyl sites for hydroxylation is 1. The SMILES string of the molecule is COC(=O)c1cccc(-c2nc(C3CCc4cc(-c5cc(Cl)ccc5NC(=O)OC(C)(C)C)cc(=O)n43)[nH]c2Cl)c1. The highest BCUT2D eigenvalue weighted by atomic mass is 35.5. The van der Waals surface area contributed by atoms with E-state index in [2.05, 4.69) is 10.3 Å². The van der Waals surface area contributed by atoms with E-state index in [0.29, 0.717) is 62.5 Å². The fourth-order valence-electron chi connectivity index (χ4n) is 4.92. The van der Waals surface area contributed by atoms with Gasteiger partial charge in [-0.25, -0.2) is 14.6 Å². The van der Waals surface area contributed by atoms with E-state index in [4.69, 9.17) is 37.7 Å². The van der Waals surface area contributed by atoms with Crippen molar-refractivity contribution in [3.63, 3.8) is 0 Å². The predicted octanol–water partition coefficient (Wildman–Crippen LogP) is 6.88. The highest BCUT2D eigenvalue weighted by Gasteiger charge is 2.29. The van der Waals surface area contributed by atoms with Crippen LogP contribution in [-0.2, 0) is 15.9 Å². The number of hydrogen-bond donors (Lipinski definition) is 2. The molecule has 0 saturated carbocycles. The number of imidazole rings is 1. The van der Waals surface area contributed by atoms with E-state index >= 15 is 0 Å². The number of carbonyl (C=O) groups excluding carboxylic acids is 2. The van der Waals surface area contributed by atoms with E-state index in [1.54, 1.807) is 67.8 Å². The van der Waals surface area contributed by atoms with Crippen molar-refractivity contribution >= 4 is 41.0 Å². The highest BCUT2D eigenvalue weighted by molar-refractivity contribution is 6.32. The molecule has 5 rings (SSSR count). The van der Waals surface area contributed by atoms with Crippen molar-refractivity contribution in [2.45, 2.75) is 45.3 Å². The number of aromatic amines is 1. The molecule has 0 radical (unpaired) electrons. The number of H-pyrrole nitrogens is 1. The van der Waals surface area contributed by atoms with E-state index in [1.807, 2.05) is 6.07 Å². The lowest BCUT2D eigenvalue weighted by Crippen LogP contribution is -2.27. The zero-order valence-electron chi connectivity index (χ0n) is 22.9. The van der Waals surface area contributed by atoms with Crippen LogP contribution in [0.3, 0.4) is 0 Å². The van der Waals surface area contributed by atoms with Gasteiger partial charge in [0.2, 0.25) is 0 Å². The number of fused-ring (bicyclic) bond motifs is 1. The number of pyridine rings is 1. The monoisotopic (exact) mass is 594 g/mol. The van der Waals surface area contributed by atoms with E-state index in [9.17, 15) is 14.4 Å². The summed E-state index contributed by atoms with van der Waals surface area (Å²) in [4.78, 5) is 45.8. The molecule has 1 amide bonds. The number of rotatable bonds is 5. The summed E-state index contributed by atoms with van der Waals surface area (Å²) in [6.45, 7) is 5.34. The molecule has 0 fully saturated rings. The van der Waals surface area contributed by atoms with Crippen molar-refractivity contribution in [2.24, 2.45) is 0 Å². The second-order valence-corrected chi connectivity index (χ2v) is 11.5. The minimum atomic E-state index is -0.670. The Kier molecular flexibility index (Phi) is 7.68. The van der Waals surface area contributed by atoms with Crippen LogP contribution < -0.4 is 10.9 Å². The lowest BCUT2D eigenvalue weighted by molar-refractivity contribution is 0.0598. The third-order valence-electron chi connectivity index (χ3n) is 6.61. The second kappa shape index (κ2) is 11.1. The van der Waals surface area contributed by atoms with Gasteiger partial charge in [0.05, 0.1) is 24.4 Å². The molecule has 1 atom stereocenters. The first kappa shape index (κ1) is 28.4. The fraction of sp³-hybridized carbons (Fsp3) is 0.267. The molecule has 0 saturated heterocycles. The third kappa shape index (κ3) is 6.01. The molecule has 2 aromatic carbocycles. The smallest absolute Gasteiger partial charge is 0.412 e. The number of ether oxygens (including phenoxy) is 2. The number of nitrogens with zero attached hydrogens (tertiary/aromatic N) is 2. The molecule has 1 unspecified atom stereocenters. The molecule has 0 spiro atoms. The molecular formula is C30H28Cl2N4O5. The molecule has 1 aliphatic heterocycles. The average molecular weight is 595 g/mol. The van der Waals surface area contributed by atoms with Gasteiger partial charge in [-0.2, -0.15) is 0 Å². The van der Waals surface area contributed by atoms with Crippen LogP contribution in [0.15, 0.2) is 59.4 Å². The fourth-order valence-corrected chi connectivity index (χ4v) is 5.34. The molecule has 2 aromatic heterocycles. The van der Waals surface area contributed by atoms with Crippen LogP contribution in [0.2, 0.25) is 10.2 Å². The summed E-state index contributed by atoms with van der Waals surface area (Å²) in [7, 11) is 1.32. The van der Waals surface area contributed by atoms with Gasteiger partial charge in [0.1, 0.15) is 22.3 Å². The number of halogens is 2. The predicted molar refractivity (Wildman–Crippen MR) is 158 cm³/mol. The third-order valence-corrected chi connectivity index (χ3v) is 7.12. The second-order valence-electron chi connectivity index (χ2n) is 10.7. The molecule has 1 aliphatic rings. The zero-order chi connectivity index (χ0) is 29.5. The van der Waals surface area contributed by atoms with Crippen molar-refractivity contribution in [1.82, 2.24) is 14.5 Å². The van der Waals surface area contributed by atoms with Gasteiger partial charge >= 0.3 is 12.1 Å². The molecule has 2 N–H and O–H groups in total. The summed E-state index contributed by atoms with van der Waals surface area (Å²) < 4.78 is 11.9. The molecule has 212 valence electrons. The molecule has 3 heterocycles. The van der Waals surface area contributed by atoms with Crippen molar-refractivity contribution in [3.8, 4) is 22.4 Å². The molecule has 9 nitrogen and oxygen atoms in total. The summed E-state index contributed by atoms with van der Waals surface area (Å²) in [6, 6.07) is 14.9. The Hall–Kier alpha value is -4.08. The molecule has 11 heteroatoms. The van der Waals surface area contributed by atoms with Gasteiger partial charge in [0, 0.05) is 27.9 Å². The van der Waals surface area contributed by atoms with Crippen LogP contribution in [-0.4, -0.2) is 39.3 Å². The lowest BCUT2D eigenvalue weighted by atomic mass is 10.0. The molecule has 0 bridgehead atoms. The summed E-state index contributed by atoms with van der Waals surface area (Å²) in [5.41, 5.74) is 3.09. The quantitative estimate of drug-likeness (QED) is 0.243. The zero-order valence-corrected chi connectivity index (χ0v) is 24.4. The van der Waals surface area contributed by atoms with E-state index in [-0.39, 0.29) is 11.6 Å². The standard InChI is InChI=1S/C30H28Cl2N4O5/c1-30(2,3)41-29(39)33-22-10-8-19(31)15-21(22)18-13-20-9-11-23(36(20)24(37)14-18)27-34-25(26(32)35-27)16-6-5-7-17(12-16)28(38)40-4/h5-8,10,12-15,23H,9,11H2,1-4H3,(H,33,39)(H,34,35). The Morgan fingerprint density at radius 1 is 1.07 bits per heavy atom. The molecule has 4 aromatic rings. The maximum atomic E-state index is 13.5. The molecule has 0 aliphatic carbocycles. The molecule has 41 heavy (non-hydrogen) atoms. The summed E-state index contributed by atoms with van der Waals surface area (Å²) in [5, 5.41) is 3.53. The van der Waals surface area contributed by atoms with Crippen molar-refractivity contribution in [1.29, 1.82) is 0 Å². The number of amides is 1. The average Bonchev–Trinajstić information content (AvgIpc) is 3.52. The number of anilines is 1. The minimum absolute atomic E-state index is 0.232. The Morgan fingerprint density at radius 3 is 2.59 bits per heavy atom. The summed E-state index contributed by atoms with van der Waals surface area (Å²) >= 11 is 12.8. The van der Waals surface area contributed by atoms with E-state index < -0.39 is 17.7 Å². The van der Waals surface area contributed by atoms with Crippen LogP contribution in [0.4, 0.5) is 10.5 Å². The van der Waals surface area contributed by atoms with E-state index in [0.717, 1.165) is 5.69 Å². The van der Waals surface area contributed by atoms with Crippen LogP contribution in [0.25, 0.3) is 22.4 Å². The molecular weight excluding hydrogens is 567 g/mol. The summed E-state index contributed by atoms with van der Waals surface area (Å²) in [5.74, 6) is 0.0760. The number of hydrogen-bond acceptors (Lipinski definition) is 6. The van der Waals surface area contributed by atoms with Crippen molar-refractivity contribution in [2.75, 3.05) is 12.4 Å². The van der Waals surface area contributed by atoms with Crippen LogP contribution in [0.5, 0.6) is 0 Å². The van der Waals surface area contributed by atoms with Crippen molar-refractivity contribution < 1.29 is 19.1 Å². The lowest BCUT2D eigenvalue weighted by Gasteiger charge is -2.21. The van der Waals surface area contributed by atoms with E-state index in [1.165, 1.54) is 13.2 Å². The number of methoxy groups -OCH3 is 1. The summed E-state index contributed by atoms with van der Waals surface area (Å²) in [6.07, 6.45) is 0.638. The Labute approximate surface area is 246 Å². The van der Waals surface area contributed by atoms with Gasteiger partial charge in [0.15, 0.2) is 0 Å². The van der Waals surface area contributed by atoms with Gasteiger partial charge < -0.3 is 19.0 Å². The largest absolute Gasteiger partial charge is 0.465 e. The topological polar surface area (TPSA) is 115 Å². The Morgan fingerprint density at radius 2 is 1.85 bits per heavy atom. The number of esters is 1. The van der Waals surface area contributed by atoms with Crippen LogP contribution in [0, 0.1) is 0 Å². The number of carbonyl (C=O) groups is 2. The Bertz CT molecular complexity index is 1720. The van der Waals surface area contributed by atoms with Gasteiger partial charge in [-0.3, -0.25) is 10.1 Å². The van der Waals surface area contributed by atoms with Crippen LogP contribution in [0.1, 0.15) is 55.1 Å². The first-order valence-electron chi connectivity index (χ1n) is 12.9. The highest BCUT2D eigenvalue weighted by Crippen LogP contribution is 2.36. The minimum Gasteiger partial charge on any atom is -0.465 e. The normalized spacial score (nSPS) is 14.4.